The number of halogens is 1. The fourth-order valence-electron chi connectivity index (χ4n) is 2.28. The van der Waals surface area contributed by atoms with Crippen LogP contribution in [0.4, 0.5) is 0 Å². The molecule has 0 spiro atoms. The molecule has 0 atom stereocenters. The first-order valence-electron chi connectivity index (χ1n) is 7.88. The molecule has 0 fully saturated rings. The van der Waals surface area contributed by atoms with E-state index in [9.17, 15) is 9.59 Å². The van der Waals surface area contributed by atoms with Crippen molar-refractivity contribution < 1.29 is 23.8 Å². The molecule has 0 saturated heterocycles. The average molecular weight is 363 g/mol. The lowest BCUT2D eigenvalue weighted by atomic mass is 10.0. The summed E-state index contributed by atoms with van der Waals surface area (Å²) in [4.78, 5) is 24.3. The van der Waals surface area contributed by atoms with Crippen LogP contribution in [-0.4, -0.2) is 25.0 Å². The van der Waals surface area contributed by atoms with Crippen LogP contribution in [0.3, 0.4) is 0 Å². The lowest BCUT2D eigenvalue weighted by molar-refractivity contribution is -0.131. The van der Waals surface area contributed by atoms with E-state index in [-0.39, 0.29) is 17.1 Å². The van der Waals surface area contributed by atoms with E-state index >= 15 is 0 Å². The maximum atomic E-state index is 12.9. The van der Waals surface area contributed by atoms with E-state index in [1.807, 2.05) is 13.8 Å². The molecule has 0 aliphatic rings. The average Bonchev–Trinajstić information content (AvgIpc) is 2.56. The Kier molecular flexibility index (Phi) is 6.42. The van der Waals surface area contributed by atoms with Gasteiger partial charge in [0.15, 0.2) is 17.3 Å². The molecule has 0 saturated carbocycles. The zero-order chi connectivity index (χ0) is 18.4. The second kappa shape index (κ2) is 8.53. The number of ether oxygens (including phenoxy) is 3. The van der Waals surface area contributed by atoms with E-state index < -0.39 is 5.97 Å². The van der Waals surface area contributed by atoms with Gasteiger partial charge in [-0.2, -0.15) is 0 Å². The molecule has 0 aliphatic heterocycles. The zero-order valence-electron chi connectivity index (χ0n) is 14.3. The molecule has 0 unspecified atom stereocenters. The van der Waals surface area contributed by atoms with Crippen molar-refractivity contribution in [3.05, 3.63) is 52.5 Å². The summed E-state index contributed by atoms with van der Waals surface area (Å²) in [7, 11) is 0. The van der Waals surface area contributed by atoms with Crippen LogP contribution < -0.4 is 14.2 Å². The summed E-state index contributed by atoms with van der Waals surface area (Å²) in [5.74, 6) is 0.0627. The molecule has 0 amide bonds. The standard InChI is InChI=1S/C19H19ClO5/c1-4-23-17-10-15(19(22)13-7-6-8-14(20)9-13)16(25-12(3)21)11-18(17)24-5-2/h6-11H,4-5H2,1-3H3. The summed E-state index contributed by atoms with van der Waals surface area (Å²) in [6.07, 6.45) is 0. The molecule has 2 rings (SSSR count). The monoisotopic (exact) mass is 362 g/mol. The SMILES string of the molecule is CCOc1cc(OC(C)=O)c(C(=O)c2cccc(Cl)c2)cc1OCC. The fraction of sp³-hybridized carbons (Fsp3) is 0.263. The van der Waals surface area contributed by atoms with Gasteiger partial charge in [0.05, 0.1) is 18.8 Å². The lowest BCUT2D eigenvalue weighted by Crippen LogP contribution is -2.10. The first kappa shape index (κ1) is 18.8. The van der Waals surface area contributed by atoms with Gasteiger partial charge in [-0.05, 0) is 32.0 Å². The van der Waals surface area contributed by atoms with Crippen molar-refractivity contribution in [1.82, 2.24) is 0 Å². The minimum atomic E-state index is -0.535. The number of carbonyl (C=O) groups is 2. The predicted octanol–water partition coefficient (Wildman–Crippen LogP) is 4.29. The van der Waals surface area contributed by atoms with E-state index in [2.05, 4.69) is 0 Å². The van der Waals surface area contributed by atoms with Crippen LogP contribution in [-0.2, 0) is 4.79 Å². The molecule has 6 heteroatoms. The van der Waals surface area contributed by atoms with Crippen molar-refractivity contribution in [2.75, 3.05) is 13.2 Å². The number of ketones is 1. The Balaban J connectivity index is 2.57. The van der Waals surface area contributed by atoms with Crippen LogP contribution in [0.5, 0.6) is 17.2 Å². The van der Waals surface area contributed by atoms with Crippen LogP contribution in [0.1, 0.15) is 36.7 Å². The van der Waals surface area contributed by atoms with Crippen LogP contribution in [0.2, 0.25) is 5.02 Å². The summed E-state index contributed by atoms with van der Waals surface area (Å²) < 4.78 is 16.3. The Bertz CT molecular complexity index is 785. The Hall–Kier alpha value is -2.53. The largest absolute Gasteiger partial charge is 0.490 e. The third-order valence-corrected chi connectivity index (χ3v) is 3.47. The lowest BCUT2D eigenvalue weighted by Gasteiger charge is -2.15. The predicted molar refractivity (Wildman–Crippen MR) is 95.0 cm³/mol. The molecule has 25 heavy (non-hydrogen) atoms. The van der Waals surface area contributed by atoms with Crippen LogP contribution in [0.15, 0.2) is 36.4 Å². The van der Waals surface area contributed by atoms with Crippen molar-refractivity contribution in [3.63, 3.8) is 0 Å². The third-order valence-electron chi connectivity index (χ3n) is 3.23. The van der Waals surface area contributed by atoms with Gasteiger partial charge in [-0.15, -0.1) is 0 Å². The third kappa shape index (κ3) is 4.73. The van der Waals surface area contributed by atoms with Crippen molar-refractivity contribution in [2.45, 2.75) is 20.8 Å². The molecule has 0 heterocycles. The van der Waals surface area contributed by atoms with Gasteiger partial charge in [-0.1, -0.05) is 23.7 Å². The van der Waals surface area contributed by atoms with E-state index in [0.29, 0.717) is 35.3 Å². The molecule has 0 aromatic heterocycles. The number of hydrogen-bond acceptors (Lipinski definition) is 5. The zero-order valence-corrected chi connectivity index (χ0v) is 15.1. The Morgan fingerprint density at radius 2 is 1.60 bits per heavy atom. The summed E-state index contributed by atoms with van der Waals surface area (Å²) in [5, 5.41) is 0.441. The molecule has 132 valence electrons. The molecular weight excluding hydrogens is 344 g/mol. The van der Waals surface area contributed by atoms with Gasteiger partial charge in [0, 0.05) is 23.6 Å². The highest BCUT2D eigenvalue weighted by Crippen LogP contribution is 2.36. The number of rotatable bonds is 7. The van der Waals surface area contributed by atoms with Gasteiger partial charge in [-0.3, -0.25) is 9.59 Å². The minimum absolute atomic E-state index is 0.115. The molecule has 0 radical (unpaired) electrons. The molecule has 0 aliphatic carbocycles. The Labute approximate surface area is 151 Å². The minimum Gasteiger partial charge on any atom is -0.490 e. The van der Waals surface area contributed by atoms with Gasteiger partial charge < -0.3 is 14.2 Å². The molecule has 2 aromatic rings. The molecule has 0 N–H and O–H groups in total. The summed E-state index contributed by atoms with van der Waals surface area (Å²) in [5.41, 5.74) is 0.580. The van der Waals surface area contributed by atoms with E-state index in [4.69, 9.17) is 25.8 Å². The van der Waals surface area contributed by atoms with Crippen molar-refractivity contribution >= 4 is 23.4 Å². The quantitative estimate of drug-likeness (QED) is 0.417. The number of carbonyl (C=O) groups excluding carboxylic acids is 2. The number of esters is 1. The van der Waals surface area contributed by atoms with Gasteiger partial charge in [0.1, 0.15) is 5.75 Å². The summed E-state index contributed by atoms with van der Waals surface area (Å²) >= 11 is 5.97. The second-order valence-electron chi connectivity index (χ2n) is 5.09. The highest BCUT2D eigenvalue weighted by molar-refractivity contribution is 6.31. The van der Waals surface area contributed by atoms with Crippen molar-refractivity contribution in [1.29, 1.82) is 0 Å². The van der Waals surface area contributed by atoms with Gasteiger partial charge in [-0.25, -0.2) is 0 Å². The maximum Gasteiger partial charge on any atom is 0.308 e. The maximum absolute atomic E-state index is 12.9. The molecular formula is C19H19ClO5. The topological polar surface area (TPSA) is 61.8 Å². The first-order chi connectivity index (χ1) is 12.0. The second-order valence-corrected chi connectivity index (χ2v) is 5.53. The van der Waals surface area contributed by atoms with Crippen molar-refractivity contribution in [3.8, 4) is 17.2 Å². The van der Waals surface area contributed by atoms with E-state index in [1.165, 1.54) is 19.1 Å². The Morgan fingerprint density at radius 1 is 0.960 bits per heavy atom. The number of hydrogen-bond donors (Lipinski definition) is 0. The molecule has 2 aromatic carbocycles. The Morgan fingerprint density at radius 3 is 2.16 bits per heavy atom. The van der Waals surface area contributed by atoms with Crippen molar-refractivity contribution in [2.24, 2.45) is 0 Å². The van der Waals surface area contributed by atoms with E-state index in [1.54, 1.807) is 24.3 Å². The van der Waals surface area contributed by atoms with Gasteiger partial charge >= 0.3 is 5.97 Å². The summed E-state index contributed by atoms with van der Waals surface area (Å²) in [6.45, 7) is 5.73. The molecule has 5 nitrogen and oxygen atoms in total. The first-order valence-corrected chi connectivity index (χ1v) is 8.26. The highest BCUT2D eigenvalue weighted by atomic mass is 35.5. The smallest absolute Gasteiger partial charge is 0.308 e. The van der Waals surface area contributed by atoms with Crippen LogP contribution in [0, 0.1) is 0 Å². The highest BCUT2D eigenvalue weighted by Gasteiger charge is 2.21. The fourth-order valence-corrected chi connectivity index (χ4v) is 2.47. The van der Waals surface area contributed by atoms with Crippen LogP contribution >= 0.6 is 11.6 Å². The van der Waals surface area contributed by atoms with Crippen LogP contribution in [0.25, 0.3) is 0 Å². The number of benzene rings is 2. The van der Waals surface area contributed by atoms with Gasteiger partial charge in [0.2, 0.25) is 0 Å². The van der Waals surface area contributed by atoms with Gasteiger partial charge in [0.25, 0.3) is 0 Å². The normalized spacial score (nSPS) is 10.2. The molecule has 0 bridgehead atoms. The van der Waals surface area contributed by atoms with E-state index in [0.717, 1.165) is 0 Å². The summed E-state index contributed by atoms with van der Waals surface area (Å²) in [6, 6.07) is 9.57.